The molecule has 3 rings (SSSR count). The Hall–Kier alpha value is -1.09. The molecule has 1 amide bonds. The number of nitrogens with one attached hydrogen (secondary N) is 1. The van der Waals surface area contributed by atoms with E-state index in [4.69, 9.17) is 0 Å². The number of anilines is 1. The normalized spacial score (nSPS) is 18.3. The molecule has 0 spiro atoms. The van der Waals surface area contributed by atoms with Crippen LogP contribution in [0.4, 0.5) is 5.69 Å². The van der Waals surface area contributed by atoms with Crippen molar-refractivity contribution < 1.29 is 13.2 Å². The Morgan fingerprint density at radius 2 is 1.97 bits per heavy atom. The van der Waals surface area contributed by atoms with Gasteiger partial charge in [-0.3, -0.25) is 9.69 Å². The number of carbonyl (C=O) groups is 1. The van der Waals surface area contributed by atoms with Crippen LogP contribution in [0.25, 0.3) is 0 Å². The van der Waals surface area contributed by atoms with E-state index in [0.717, 1.165) is 30.0 Å². The van der Waals surface area contributed by atoms with Gasteiger partial charge in [-0.15, -0.1) is 11.8 Å². The lowest BCUT2D eigenvalue weighted by molar-refractivity contribution is -0.116. The van der Waals surface area contributed by atoms with E-state index in [9.17, 15) is 13.2 Å². The van der Waals surface area contributed by atoms with Crippen molar-refractivity contribution >= 4 is 33.4 Å². The highest BCUT2D eigenvalue weighted by Gasteiger charge is 2.24. The van der Waals surface area contributed by atoms with Gasteiger partial charge in [-0.2, -0.15) is 0 Å². The fraction of sp³-hybridized carbons (Fsp3) is 0.696. The molecule has 0 atom stereocenters. The molecule has 1 fully saturated rings. The first-order valence-corrected chi connectivity index (χ1v) is 14.1. The number of hydrogen-bond acceptors (Lipinski definition) is 5. The van der Waals surface area contributed by atoms with Crippen molar-refractivity contribution in [2.75, 3.05) is 30.3 Å². The van der Waals surface area contributed by atoms with Crippen LogP contribution in [0.15, 0.2) is 28.0 Å². The summed E-state index contributed by atoms with van der Waals surface area (Å²) in [5, 5.41) is 0. The van der Waals surface area contributed by atoms with Gasteiger partial charge in [0.2, 0.25) is 15.9 Å². The standard InChI is InChI=1S/C23H37N3O3S2/c1-18(2)25(20-9-5-4-6-10-20)14-7-13-24-31(28,29)21-11-12-23-22(17-21)26(19(3)27)15-8-16-30-23/h11-12,17-18,20,24H,4-10,13-16H2,1-3H3. The number of sulfonamides is 1. The van der Waals surface area contributed by atoms with Crippen molar-refractivity contribution in [2.24, 2.45) is 0 Å². The zero-order chi connectivity index (χ0) is 22.4. The van der Waals surface area contributed by atoms with Gasteiger partial charge in [0.1, 0.15) is 0 Å². The van der Waals surface area contributed by atoms with Gasteiger partial charge in [-0.05, 0) is 70.0 Å². The van der Waals surface area contributed by atoms with Crippen LogP contribution < -0.4 is 9.62 Å². The summed E-state index contributed by atoms with van der Waals surface area (Å²) in [6.45, 7) is 7.94. The minimum Gasteiger partial charge on any atom is -0.311 e. The van der Waals surface area contributed by atoms with Crippen LogP contribution in [0.1, 0.15) is 65.7 Å². The van der Waals surface area contributed by atoms with E-state index in [-0.39, 0.29) is 10.8 Å². The molecule has 1 saturated carbocycles. The summed E-state index contributed by atoms with van der Waals surface area (Å²) in [5.41, 5.74) is 0.709. The number of nitrogens with zero attached hydrogens (tertiary/aromatic N) is 2. The second-order valence-corrected chi connectivity index (χ2v) is 11.8. The van der Waals surface area contributed by atoms with Gasteiger partial charge in [-0.1, -0.05) is 19.3 Å². The molecule has 2 aliphatic rings. The SMILES string of the molecule is CC(=O)N1CCCSc2ccc(S(=O)(=O)NCCCN(C(C)C)C3CCCCC3)cc21. The smallest absolute Gasteiger partial charge is 0.240 e. The third kappa shape index (κ3) is 6.46. The largest absolute Gasteiger partial charge is 0.311 e. The molecule has 1 aromatic carbocycles. The third-order valence-corrected chi connectivity index (χ3v) is 8.90. The summed E-state index contributed by atoms with van der Waals surface area (Å²) >= 11 is 1.68. The lowest BCUT2D eigenvalue weighted by Gasteiger charge is -2.37. The number of thioether (sulfide) groups is 1. The molecular weight excluding hydrogens is 430 g/mol. The fourth-order valence-corrected chi connectivity index (χ4v) is 6.74. The number of hydrogen-bond donors (Lipinski definition) is 1. The Balaban J connectivity index is 1.62. The third-order valence-electron chi connectivity index (χ3n) is 6.29. The quantitative estimate of drug-likeness (QED) is 0.579. The summed E-state index contributed by atoms with van der Waals surface area (Å²) in [4.78, 5) is 17.5. The molecule has 1 heterocycles. The van der Waals surface area contributed by atoms with E-state index in [1.807, 2.05) is 6.07 Å². The molecule has 174 valence electrons. The molecule has 0 bridgehead atoms. The summed E-state index contributed by atoms with van der Waals surface area (Å²) in [7, 11) is -3.61. The second-order valence-electron chi connectivity index (χ2n) is 8.88. The molecule has 0 radical (unpaired) electrons. The molecule has 1 aliphatic heterocycles. The Bertz CT molecular complexity index is 852. The minimum absolute atomic E-state index is 0.0530. The topological polar surface area (TPSA) is 69.7 Å². The number of benzene rings is 1. The molecule has 0 unspecified atom stereocenters. The van der Waals surface area contributed by atoms with Gasteiger partial charge >= 0.3 is 0 Å². The fourth-order valence-electron chi connectivity index (χ4n) is 4.68. The van der Waals surface area contributed by atoms with Crippen LogP contribution in [0, 0.1) is 0 Å². The van der Waals surface area contributed by atoms with Gasteiger partial charge < -0.3 is 4.90 Å². The maximum atomic E-state index is 12.9. The molecule has 31 heavy (non-hydrogen) atoms. The number of fused-ring (bicyclic) bond motifs is 1. The Labute approximate surface area is 192 Å². The van der Waals surface area contributed by atoms with E-state index in [1.165, 1.54) is 39.0 Å². The molecule has 8 heteroatoms. The first-order chi connectivity index (χ1) is 14.8. The zero-order valence-corrected chi connectivity index (χ0v) is 20.7. The van der Waals surface area contributed by atoms with Crippen LogP contribution in [-0.2, 0) is 14.8 Å². The number of carbonyl (C=O) groups excluding carboxylic acids is 1. The molecule has 1 N–H and O–H groups in total. The Morgan fingerprint density at radius 1 is 1.23 bits per heavy atom. The van der Waals surface area contributed by atoms with Crippen LogP contribution >= 0.6 is 11.8 Å². The molecule has 6 nitrogen and oxygen atoms in total. The predicted molar refractivity (Wildman–Crippen MR) is 128 cm³/mol. The average Bonchev–Trinajstić information content (AvgIpc) is 2.96. The monoisotopic (exact) mass is 467 g/mol. The lowest BCUT2D eigenvalue weighted by atomic mass is 9.93. The lowest BCUT2D eigenvalue weighted by Crippen LogP contribution is -2.43. The average molecular weight is 468 g/mol. The van der Waals surface area contributed by atoms with Gasteiger partial charge in [0.15, 0.2) is 0 Å². The van der Waals surface area contributed by atoms with E-state index >= 15 is 0 Å². The summed E-state index contributed by atoms with van der Waals surface area (Å²) in [6.07, 6.45) is 8.12. The van der Waals surface area contributed by atoms with Crippen LogP contribution in [0.5, 0.6) is 0 Å². The molecular formula is C23H37N3O3S2. The predicted octanol–water partition coefficient (Wildman–Crippen LogP) is 4.25. The number of amides is 1. The minimum atomic E-state index is -3.61. The van der Waals surface area contributed by atoms with E-state index < -0.39 is 10.0 Å². The summed E-state index contributed by atoms with van der Waals surface area (Å²) < 4.78 is 28.6. The van der Waals surface area contributed by atoms with Crippen molar-refractivity contribution in [1.82, 2.24) is 9.62 Å². The maximum absolute atomic E-state index is 12.9. The highest BCUT2D eigenvalue weighted by atomic mass is 32.2. The zero-order valence-electron chi connectivity index (χ0n) is 19.1. The van der Waals surface area contributed by atoms with E-state index in [0.29, 0.717) is 30.9 Å². The van der Waals surface area contributed by atoms with Gasteiger partial charge in [0.05, 0.1) is 10.6 Å². The summed E-state index contributed by atoms with van der Waals surface area (Å²) in [5.74, 6) is 0.872. The van der Waals surface area contributed by atoms with Crippen LogP contribution in [0.2, 0.25) is 0 Å². The molecule has 0 saturated heterocycles. The van der Waals surface area contributed by atoms with Gasteiger partial charge in [-0.25, -0.2) is 13.1 Å². The molecule has 0 aromatic heterocycles. The van der Waals surface area contributed by atoms with Crippen molar-refractivity contribution in [2.45, 2.75) is 87.6 Å². The van der Waals surface area contributed by atoms with Gasteiger partial charge in [0, 0.05) is 37.0 Å². The Morgan fingerprint density at radius 3 is 2.65 bits per heavy atom. The van der Waals surface area contributed by atoms with Crippen molar-refractivity contribution in [1.29, 1.82) is 0 Å². The first-order valence-electron chi connectivity index (χ1n) is 11.6. The maximum Gasteiger partial charge on any atom is 0.240 e. The van der Waals surface area contributed by atoms with Gasteiger partial charge in [0.25, 0.3) is 0 Å². The molecule has 1 aliphatic carbocycles. The van der Waals surface area contributed by atoms with E-state index in [2.05, 4.69) is 23.5 Å². The van der Waals surface area contributed by atoms with Crippen LogP contribution in [0.3, 0.4) is 0 Å². The van der Waals surface area contributed by atoms with Crippen molar-refractivity contribution in [3.8, 4) is 0 Å². The Kier molecular flexibility index (Phi) is 8.84. The highest BCUT2D eigenvalue weighted by molar-refractivity contribution is 7.99. The van der Waals surface area contributed by atoms with Crippen molar-refractivity contribution in [3.63, 3.8) is 0 Å². The molecule has 1 aromatic rings. The second kappa shape index (κ2) is 11.2. The number of rotatable bonds is 8. The first kappa shape index (κ1) is 24.6. The van der Waals surface area contributed by atoms with Crippen LogP contribution in [-0.4, -0.2) is 56.7 Å². The van der Waals surface area contributed by atoms with Crippen molar-refractivity contribution in [3.05, 3.63) is 18.2 Å². The summed E-state index contributed by atoms with van der Waals surface area (Å²) in [6, 6.07) is 6.24. The van der Waals surface area contributed by atoms with E-state index in [1.54, 1.807) is 28.8 Å². The highest BCUT2D eigenvalue weighted by Crippen LogP contribution is 2.35.